The Morgan fingerprint density at radius 1 is 1.21 bits per heavy atom. The Morgan fingerprint density at radius 2 is 1.88 bits per heavy atom. The number of fused-ring (bicyclic) bond motifs is 1. The van der Waals surface area contributed by atoms with Crippen molar-refractivity contribution in [2.45, 2.75) is 37.1 Å². The second-order valence-corrected chi connectivity index (χ2v) is 8.06. The molecule has 0 saturated carbocycles. The Balaban J connectivity index is 1.99. The van der Waals surface area contributed by atoms with Crippen LogP contribution in [0, 0.1) is 0 Å². The predicted molar refractivity (Wildman–Crippen MR) is 89.2 cm³/mol. The molecule has 0 spiro atoms. The van der Waals surface area contributed by atoms with Gasteiger partial charge in [0.25, 0.3) is 0 Å². The SMILES string of the molecule is CNC(=O)[C@H]1Cc2cc(S(=O)(=O)N3CCCC3)ccc2N1C(C)=O. The van der Waals surface area contributed by atoms with Crippen molar-refractivity contribution in [1.82, 2.24) is 9.62 Å². The summed E-state index contributed by atoms with van der Waals surface area (Å²) in [4.78, 5) is 25.7. The van der Waals surface area contributed by atoms with Crippen LogP contribution in [0.2, 0.25) is 0 Å². The average Bonchev–Trinajstić information content (AvgIpc) is 3.20. The van der Waals surface area contributed by atoms with Gasteiger partial charge in [0.2, 0.25) is 21.8 Å². The fourth-order valence-corrected chi connectivity index (χ4v) is 5.00. The Kier molecular flexibility index (Phi) is 4.35. The summed E-state index contributed by atoms with van der Waals surface area (Å²) in [6.45, 7) is 2.49. The van der Waals surface area contributed by atoms with E-state index in [9.17, 15) is 18.0 Å². The molecule has 0 aromatic heterocycles. The summed E-state index contributed by atoms with van der Waals surface area (Å²) in [7, 11) is -1.99. The van der Waals surface area contributed by atoms with E-state index < -0.39 is 16.1 Å². The van der Waals surface area contributed by atoms with Crippen molar-refractivity contribution in [3.8, 4) is 0 Å². The van der Waals surface area contributed by atoms with Gasteiger partial charge >= 0.3 is 0 Å². The van der Waals surface area contributed by atoms with Crippen molar-refractivity contribution in [1.29, 1.82) is 0 Å². The third-order valence-electron chi connectivity index (χ3n) is 4.63. The number of nitrogens with one attached hydrogen (secondary N) is 1. The minimum absolute atomic E-state index is 0.226. The first-order valence-electron chi connectivity index (χ1n) is 8.00. The number of anilines is 1. The highest BCUT2D eigenvalue weighted by Crippen LogP contribution is 2.35. The van der Waals surface area contributed by atoms with E-state index in [0.29, 0.717) is 30.8 Å². The van der Waals surface area contributed by atoms with Gasteiger partial charge < -0.3 is 5.32 Å². The van der Waals surface area contributed by atoms with Gasteiger partial charge in [-0.1, -0.05) is 0 Å². The molecule has 130 valence electrons. The fourth-order valence-electron chi connectivity index (χ4n) is 3.43. The van der Waals surface area contributed by atoms with Gasteiger partial charge in [-0.25, -0.2) is 8.42 Å². The van der Waals surface area contributed by atoms with Crippen LogP contribution < -0.4 is 10.2 Å². The maximum absolute atomic E-state index is 12.7. The molecular weight excluding hydrogens is 330 g/mol. The van der Waals surface area contributed by atoms with E-state index in [-0.39, 0.29) is 16.7 Å². The number of amides is 2. The van der Waals surface area contributed by atoms with Crippen LogP contribution in [0.15, 0.2) is 23.1 Å². The van der Waals surface area contributed by atoms with E-state index in [2.05, 4.69) is 5.32 Å². The Bertz CT molecular complexity index is 785. The van der Waals surface area contributed by atoms with Crippen LogP contribution in [0.3, 0.4) is 0 Å². The number of nitrogens with zero attached hydrogens (tertiary/aromatic N) is 2. The van der Waals surface area contributed by atoms with Crippen molar-refractivity contribution < 1.29 is 18.0 Å². The number of hydrogen-bond acceptors (Lipinski definition) is 4. The number of carbonyl (C=O) groups is 2. The van der Waals surface area contributed by atoms with Crippen LogP contribution in [0.4, 0.5) is 5.69 Å². The van der Waals surface area contributed by atoms with Crippen molar-refractivity contribution in [2.75, 3.05) is 25.0 Å². The second kappa shape index (κ2) is 6.18. The molecule has 1 aromatic rings. The molecule has 0 bridgehead atoms. The Morgan fingerprint density at radius 3 is 2.46 bits per heavy atom. The summed E-state index contributed by atoms with van der Waals surface area (Å²) in [5.41, 5.74) is 1.32. The van der Waals surface area contributed by atoms with Crippen molar-refractivity contribution in [2.24, 2.45) is 0 Å². The third-order valence-corrected chi connectivity index (χ3v) is 6.52. The zero-order chi connectivity index (χ0) is 17.5. The molecule has 3 rings (SSSR count). The zero-order valence-electron chi connectivity index (χ0n) is 13.8. The first-order chi connectivity index (χ1) is 11.4. The minimum atomic E-state index is -3.51. The molecule has 8 heteroatoms. The number of likely N-dealkylation sites (N-methyl/N-ethyl adjacent to an activating group) is 1. The minimum Gasteiger partial charge on any atom is -0.357 e. The second-order valence-electron chi connectivity index (χ2n) is 6.12. The van der Waals surface area contributed by atoms with E-state index in [1.165, 1.54) is 29.2 Å². The summed E-state index contributed by atoms with van der Waals surface area (Å²) >= 11 is 0. The van der Waals surface area contributed by atoms with Crippen LogP contribution in [0.5, 0.6) is 0 Å². The summed E-state index contributed by atoms with van der Waals surface area (Å²) < 4.78 is 26.9. The molecule has 1 atom stereocenters. The summed E-state index contributed by atoms with van der Waals surface area (Å²) in [6, 6.07) is 4.12. The summed E-state index contributed by atoms with van der Waals surface area (Å²) in [5.74, 6) is -0.497. The number of rotatable bonds is 3. The van der Waals surface area contributed by atoms with Crippen molar-refractivity contribution in [3.63, 3.8) is 0 Å². The van der Waals surface area contributed by atoms with E-state index in [1.807, 2.05) is 0 Å². The monoisotopic (exact) mass is 351 g/mol. The molecule has 0 unspecified atom stereocenters. The van der Waals surface area contributed by atoms with Gasteiger partial charge in [-0.05, 0) is 36.6 Å². The van der Waals surface area contributed by atoms with Gasteiger partial charge in [0.15, 0.2) is 0 Å². The average molecular weight is 351 g/mol. The molecule has 1 N–H and O–H groups in total. The van der Waals surface area contributed by atoms with Gasteiger partial charge in [-0.3, -0.25) is 14.5 Å². The van der Waals surface area contributed by atoms with Gasteiger partial charge in [0.05, 0.1) is 4.90 Å². The number of carbonyl (C=O) groups excluding carboxylic acids is 2. The van der Waals surface area contributed by atoms with E-state index >= 15 is 0 Å². The summed E-state index contributed by atoms with van der Waals surface area (Å²) in [6.07, 6.45) is 2.07. The molecular formula is C16H21N3O4S. The van der Waals surface area contributed by atoms with Gasteiger partial charge in [0.1, 0.15) is 6.04 Å². The lowest BCUT2D eigenvalue weighted by Gasteiger charge is -2.22. The normalized spacial score (nSPS) is 20.9. The Hall–Kier alpha value is -1.93. The molecule has 24 heavy (non-hydrogen) atoms. The topological polar surface area (TPSA) is 86.8 Å². The number of hydrogen-bond donors (Lipinski definition) is 1. The number of benzene rings is 1. The van der Waals surface area contributed by atoms with Crippen molar-refractivity contribution >= 4 is 27.5 Å². The number of sulfonamides is 1. The lowest BCUT2D eigenvalue weighted by Crippen LogP contribution is -2.46. The molecule has 7 nitrogen and oxygen atoms in total. The Labute approximate surface area is 141 Å². The smallest absolute Gasteiger partial charge is 0.243 e. The molecule has 0 radical (unpaired) electrons. The maximum Gasteiger partial charge on any atom is 0.243 e. The molecule has 1 fully saturated rings. The largest absolute Gasteiger partial charge is 0.357 e. The van der Waals surface area contributed by atoms with E-state index in [1.54, 1.807) is 12.1 Å². The van der Waals surface area contributed by atoms with E-state index in [0.717, 1.165) is 12.8 Å². The van der Waals surface area contributed by atoms with Crippen LogP contribution in [0.25, 0.3) is 0 Å². The highest BCUT2D eigenvalue weighted by atomic mass is 32.2. The summed E-state index contributed by atoms with van der Waals surface area (Å²) in [5, 5.41) is 2.56. The first-order valence-corrected chi connectivity index (χ1v) is 9.44. The van der Waals surface area contributed by atoms with Gasteiger partial charge in [-0.15, -0.1) is 0 Å². The molecule has 2 aliphatic heterocycles. The van der Waals surface area contributed by atoms with Crippen LogP contribution in [0.1, 0.15) is 25.3 Å². The highest BCUT2D eigenvalue weighted by Gasteiger charge is 2.37. The van der Waals surface area contributed by atoms with Crippen LogP contribution in [-0.2, 0) is 26.0 Å². The molecule has 1 saturated heterocycles. The van der Waals surface area contributed by atoms with E-state index in [4.69, 9.17) is 0 Å². The lowest BCUT2D eigenvalue weighted by atomic mass is 10.1. The molecule has 2 aliphatic rings. The zero-order valence-corrected chi connectivity index (χ0v) is 14.6. The molecule has 1 aromatic carbocycles. The third kappa shape index (κ3) is 2.69. The highest BCUT2D eigenvalue weighted by molar-refractivity contribution is 7.89. The van der Waals surface area contributed by atoms with Crippen LogP contribution in [-0.4, -0.2) is 50.7 Å². The predicted octanol–water partition coefficient (Wildman–Crippen LogP) is 0.495. The van der Waals surface area contributed by atoms with Gasteiger partial charge in [0, 0.05) is 39.2 Å². The lowest BCUT2D eigenvalue weighted by molar-refractivity contribution is -0.125. The van der Waals surface area contributed by atoms with Crippen molar-refractivity contribution in [3.05, 3.63) is 23.8 Å². The van der Waals surface area contributed by atoms with Crippen LogP contribution >= 0.6 is 0 Å². The first kappa shape index (κ1) is 16.9. The molecule has 2 heterocycles. The quantitative estimate of drug-likeness (QED) is 0.859. The maximum atomic E-state index is 12.7. The fraction of sp³-hybridized carbons (Fsp3) is 0.500. The molecule has 0 aliphatic carbocycles. The molecule has 2 amide bonds. The standard InChI is InChI=1S/C16H21N3O4S/c1-11(20)19-14-6-5-13(24(22,23)18-7-3-4-8-18)9-12(14)10-15(19)16(21)17-2/h5-6,9,15H,3-4,7-8,10H2,1-2H3,(H,17,21)/t15-/m1/s1. The van der Waals surface area contributed by atoms with Gasteiger partial charge in [-0.2, -0.15) is 4.31 Å².